The van der Waals surface area contributed by atoms with Crippen molar-refractivity contribution < 1.29 is 9.18 Å². The number of Topliss-reactive ketones (excluding diaryl/α,β-unsaturated/α-hetero) is 1. The van der Waals surface area contributed by atoms with Crippen LogP contribution in [-0.4, -0.2) is 5.78 Å². The summed E-state index contributed by atoms with van der Waals surface area (Å²) in [5.41, 5.74) is -0.0177. The molecular weight excluding hydrogens is 205 g/mol. The number of hydrogen-bond acceptors (Lipinski definition) is 2. The van der Waals surface area contributed by atoms with Crippen LogP contribution in [0.25, 0.3) is 0 Å². The zero-order chi connectivity index (χ0) is 11.6. The average Bonchev–Trinajstić information content (AvgIpc) is 2.64. The number of nitriles is 1. The highest BCUT2D eigenvalue weighted by Crippen LogP contribution is 2.37. The van der Waals surface area contributed by atoms with Crippen LogP contribution in [0, 0.1) is 22.6 Å². The number of hydrogen-bond donors (Lipinski definition) is 0. The molecule has 0 bridgehead atoms. The lowest BCUT2D eigenvalue weighted by Gasteiger charge is -2.18. The van der Waals surface area contributed by atoms with Gasteiger partial charge in [-0.3, -0.25) is 4.79 Å². The van der Waals surface area contributed by atoms with Crippen molar-refractivity contribution in [1.29, 1.82) is 5.26 Å². The van der Waals surface area contributed by atoms with Gasteiger partial charge in [0.05, 0.1) is 6.07 Å². The van der Waals surface area contributed by atoms with Gasteiger partial charge in [0.15, 0.2) is 5.78 Å². The van der Waals surface area contributed by atoms with Crippen LogP contribution in [0.4, 0.5) is 4.39 Å². The van der Waals surface area contributed by atoms with Gasteiger partial charge in [-0.25, -0.2) is 4.39 Å². The van der Waals surface area contributed by atoms with E-state index in [9.17, 15) is 9.18 Å². The fraction of sp³-hybridized carbons (Fsp3) is 0.385. The van der Waals surface area contributed by atoms with Crippen molar-refractivity contribution in [1.82, 2.24) is 0 Å². The van der Waals surface area contributed by atoms with E-state index in [0.29, 0.717) is 19.3 Å². The lowest BCUT2D eigenvalue weighted by atomic mass is 9.81. The average molecular weight is 217 g/mol. The topological polar surface area (TPSA) is 40.9 Å². The number of ketones is 1. The third kappa shape index (κ3) is 1.83. The maximum atomic E-state index is 12.7. The summed E-state index contributed by atoms with van der Waals surface area (Å²) >= 11 is 0. The molecule has 2 rings (SSSR count). The Hall–Kier alpha value is -1.69. The van der Waals surface area contributed by atoms with Gasteiger partial charge in [-0.1, -0.05) is 12.1 Å². The van der Waals surface area contributed by atoms with Crippen molar-refractivity contribution in [2.75, 3.05) is 0 Å². The number of halogens is 1. The van der Waals surface area contributed by atoms with Crippen LogP contribution in [0.3, 0.4) is 0 Å². The summed E-state index contributed by atoms with van der Waals surface area (Å²) in [5.74, 6) is -0.271. The van der Waals surface area contributed by atoms with Crippen molar-refractivity contribution >= 4 is 5.78 Å². The van der Waals surface area contributed by atoms with Crippen LogP contribution < -0.4 is 0 Å². The molecule has 1 aromatic rings. The van der Waals surface area contributed by atoms with Crippen LogP contribution in [-0.2, 0) is 11.2 Å². The third-order valence-electron chi connectivity index (χ3n) is 3.17. The van der Waals surface area contributed by atoms with Crippen LogP contribution in [0.1, 0.15) is 24.8 Å². The van der Waals surface area contributed by atoms with Crippen molar-refractivity contribution in [2.45, 2.75) is 25.7 Å². The first-order valence-corrected chi connectivity index (χ1v) is 5.35. The summed E-state index contributed by atoms with van der Waals surface area (Å²) in [6, 6.07) is 8.15. The smallest absolute Gasteiger partial charge is 0.153 e. The molecule has 1 aromatic carbocycles. The summed E-state index contributed by atoms with van der Waals surface area (Å²) in [5, 5.41) is 9.16. The molecule has 3 heteroatoms. The highest BCUT2D eigenvalue weighted by molar-refractivity contribution is 5.89. The van der Waals surface area contributed by atoms with Gasteiger partial charge in [-0.2, -0.15) is 5.26 Å². The Morgan fingerprint density at radius 3 is 2.56 bits per heavy atom. The lowest BCUT2D eigenvalue weighted by Crippen LogP contribution is -2.26. The van der Waals surface area contributed by atoms with E-state index in [0.717, 1.165) is 12.0 Å². The molecule has 0 N–H and O–H groups in total. The van der Waals surface area contributed by atoms with Crippen molar-refractivity contribution in [3.63, 3.8) is 0 Å². The van der Waals surface area contributed by atoms with Gasteiger partial charge < -0.3 is 0 Å². The van der Waals surface area contributed by atoms with Crippen LogP contribution in [0.2, 0.25) is 0 Å². The Morgan fingerprint density at radius 2 is 2.06 bits per heavy atom. The molecule has 0 aromatic heterocycles. The third-order valence-corrected chi connectivity index (χ3v) is 3.17. The number of benzene rings is 1. The maximum absolute atomic E-state index is 12.7. The first-order chi connectivity index (χ1) is 7.66. The molecule has 0 spiro atoms. The molecule has 0 amide bonds. The quantitative estimate of drug-likeness (QED) is 0.764. The molecule has 1 unspecified atom stereocenters. The van der Waals surface area contributed by atoms with E-state index in [-0.39, 0.29) is 11.6 Å². The SMILES string of the molecule is N#CC1(Cc2ccc(F)cc2)CCCC1=O. The fourth-order valence-electron chi connectivity index (χ4n) is 2.22. The van der Waals surface area contributed by atoms with E-state index in [1.54, 1.807) is 12.1 Å². The molecule has 1 aliphatic rings. The molecule has 82 valence electrons. The summed E-state index contributed by atoms with van der Waals surface area (Å²) in [4.78, 5) is 11.7. The molecule has 0 radical (unpaired) electrons. The summed E-state index contributed by atoms with van der Waals surface area (Å²) in [7, 11) is 0. The van der Waals surface area contributed by atoms with Gasteiger partial charge in [0.25, 0.3) is 0 Å². The normalized spacial score (nSPS) is 24.4. The fourth-order valence-corrected chi connectivity index (χ4v) is 2.22. The van der Waals surface area contributed by atoms with E-state index in [1.165, 1.54) is 12.1 Å². The Kier molecular flexibility index (Phi) is 2.74. The Morgan fingerprint density at radius 1 is 1.38 bits per heavy atom. The van der Waals surface area contributed by atoms with Crippen molar-refractivity contribution in [3.8, 4) is 6.07 Å². The van der Waals surface area contributed by atoms with Gasteiger partial charge in [0, 0.05) is 6.42 Å². The molecule has 1 atom stereocenters. The van der Waals surface area contributed by atoms with Crippen LogP contribution in [0.15, 0.2) is 24.3 Å². The zero-order valence-electron chi connectivity index (χ0n) is 8.87. The minimum Gasteiger partial charge on any atom is -0.298 e. The van der Waals surface area contributed by atoms with E-state index in [4.69, 9.17) is 5.26 Å². The molecule has 16 heavy (non-hydrogen) atoms. The monoisotopic (exact) mass is 217 g/mol. The highest BCUT2D eigenvalue weighted by Gasteiger charge is 2.42. The van der Waals surface area contributed by atoms with E-state index >= 15 is 0 Å². The number of nitrogens with zero attached hydrogens (tertiary/aromatic N) is 1. The number of carbonyl (C=O) groups excluding carboxylic acids is 1. The van der Waals surface area contributed by atoms with E-state index < -0.39 is 5.41 Å². The van der Waals surface area contributed by atoms with Crippen molar-refractivity contribution in [3.05, 3.63) is 35.6 Å². The first kappa shape index (κ1) is 10.8. The second-order valence-corrected chi connectivity index (χ2v) is 4.27. The number of carbonyl (C=O) groups is 1. The molecule has 1 fully saturated rings. The zero-order valence-corrected chi connectivity index (χ0v) is 8.87. The minimum absolute atomic E-state index is 0.0272. The largest absolute Gasteiger partial charge is 0.298 e. The molecular formula is C13H12FNO. The minimum atomic E-state index is -0.863. The van der Waals surface area contributed by atoms with Gasteiger partial charge in [0.1, 0.15) is 11.2 Å². The lowest BCUT2D eigenvalue weighted by molar-refractivity contribution is -0.123. The molecule has 1 saturated carbocycles. The number of rotatable bonds is 2. The highest BCUT2D eigenvalue weighted by atomic mass is 19.1. The molecule has 0 aliphatic heterocycles. The summed E-state index contributed by atoms with van der Waals surface area (Å²) in [6.07, 6.45) is 2.31. The van der Waals surface area contributed by atoms with Gasteiger partial charge >= 0.3 is 0 Å². The molecule has 0 saturated heterocycles. The predicted octanol–water partition coefficient (Wildman–Crippen LogP) is 2.63. The van der Waals surface area contributed by atoms with Crippen LogP contribution >= 0.6 is 0 Å². The maximum Gasteiger partial charge on any atom is 0.153 e. The van der Waals surface area contributed by atoms with Gasteiger partial charge in [-0.05, 0) is 37.0 Å². The summed E-state index contributed by atoms with van der Waals surface area (Å²) < 4.78 is 12.7. The van der Waals surface area contributed by atoms with E-state index in [1.807, 2.05) is 0 Å². The first-order valence-electron chi connectivity index (χ1n) is 5.35. The Balaban J connectivity index is 2.23. The second kappa shape index (κ2) is 4.05. The predicted molar refractivity (Wildman–Crippen MR) is 57.0 cm³/mol. The Labute approximate surface area is 93.7 Å². The Bertz CT molecular complexity index is 446. The van der Waals surface area contributed by atoms with Gasteiger partial charge in [-0.15, -0.1) is 0 Å². The van der Waals surface area contributed by atoms with Crippen molar-refractivity contribution in [2.24, 2.45) is 5.41 Å². The summed E-state index contributed by atoms with van der Waals surface area (Å²) in [6.45, 7) is 0. The van der Waals surface area contributed by atoms with E-state index in [2.05, 4.69) is 6.07 Å². The molecule has 0 heterocycles. The van der Waals surface area contributed by atoms with Crippen LogP contribution in [0.5, 0.6) is 0 Å². The molecule has 2 nitrogen and oxygen atoms in total. The van der Waals surface area contributed by atoms with Gasteiger partial charge in [0.2, 0.25) is 0 Å². The second-order valence-electron chi connectivity index (χ2n) is 4.27. The standard InChI is InChI=1S/C13H12FNO/c14-11-5-3-10(4-6-11)8-13(9-15)7-1-2-12(13)16/h3-6H,1-2,7-8H2. The molecule has 1 aliphatic carbocycles.